The quantitative estimate of drug-likeness (QED) is 0.769. The van der Waals surface area contributed by atoms with E-state index in [0.717, 1.165) is 11.1 Å². The molecule has 2 heterocycles. The summed E-state index contributed by atoms with van der Waals surface area (Å²) in [5.41, 5.74) is 1.11. The first kappa shape index (κ1) is 14.8. The fourth-order valence-electron chi connectivity index (χ4n) is 4.63. The highest BCUT2D eigenvalue weighted by atomic mass is 16.5. The van der Waals surface area contributed by atoms with Crippen LogP contribution in [0.3, 0.4) is 0 Å². The van der Waals surface area contributed by atoms with Crippen molar-refractivity contribution in [3.8, 4) is 0 Å². The fourth-order valence-corrected chi connectivity index (χ4v) is 4.63. The third-order valence-electron chi connectivity index (χ3n) is 6.03. The second kappa shape index (κ2) is 8.46. The molecule has 2 aliphatic heterocycles. The number of amides is 1. The Bertz CT molecular complexity index is 884. The average molecular weight is 383 g/mol. The van der Waals surface area contributed by atoms with Gasteiger partial charge in [-0.3, -0.25) is 9.69 Å². The normalized spacial score (nSPS) is 28.2. The number of nitrogens with zero attached hydrogens (tertiary/aromatic N) is 2. The molecule has 4 nitrogen and oxygen atoms in total. The van der Waals surface area contributed by atoms with Crippen LogP contribution in [0.1, 0.15) is 30.0 Å². The highest BCUT2D eigenvalue weighted by Gasteiger charge is 2.55. The van der Waals surface area contributed by atoms with Crippen LogP contribution in [-0.4, -0.2) is 61.5 Å². The Labute approximate surface area is 173 Å². The minimum absolute atomic E-state index is 0.00828. The summed E-state index contributed by atoms with van der Waals surface area (Å²) in [4.78, 5) is 17.6. The molecule has 0 radical (unpaired) electrons. The third-order valence-corrected chi connectivity index (χ3v) is 6.03. The van der Waals surface area contributed by atoms with Crippen LogP contribution in [0.15, 0.2) is 60.7 Å². The molecule has 2 aromatic rings. The summed E-state index contributed by atoms with van der Waals surface area (Å²) in [5.74, 6) is 0.0642. The number of likely N-dealkylation sites (N-methyl/N-ethyl adjacent to an activating group) is 1. The predicted molar refractivity (Wildman–Crippen MR) is 111 cm³/mol. The highest BCUT2D eigenvalue weighted by molar-refractivity contribution is 5.94. The Hall–Kier alpha value is -2.17. The van der Waals surface area contributed by atoms with Gasteiger partial charge in [0.2, 0.25) is 5.91 Å². The summed E-state index contributed by atoms with van der Waals surface area (Å²) in [6.45, 7) is -0.353. The summed E-state index contributed by atoms with van der Waals surface area (Å²) >= 11 is 0. The molecule has 0 saturated carbocycles. The molecule has 0 aromatic heterocycles. The number of benzene rings is 2. The van der Waals surface area contributed by atoms with Crippen molar-refractivity contribution in [3.63, 3.8) is 0 Å². The van der Waals surface area contributed by atoms with Gasteiger partial charge in [-0.05, 0) is 31.0 Å². The number of hydrogen-bond acceptors (Lipinski definition) is 3. The van der Waals surface area contributed by atoms with Gasteiger partial charge < -0.3 is 9.64 Å². The summed E-state index contributed by atoms with van der Waals surface area (Å²) < 4.78 is 36.7. The van der Waals surface area contributed by atoms with Crippen molar-refractivity contribution < 1.29 is 15.0 Å². The molecule has 4 heteroatoms. The van der Waals surface area contributed by atoms with E-state index in [2.05, 4.69) is 0 Å². The Balaban J connectivity index is 1.70. The van der Waals surface area contributed by atoms with Gasteiger partial charge >= 0.3 is 0 Å². The molecule has 2 aliphatic rings. The molecule has 0 aliphatic carbocycles. The zero-order valence-electron chi connectivity index (χ0n) is 20.3. The Kier molecular flexibility index (Phi) is 4.46. The Morgan fingerprint density at radius 1 is 1.04 bits per heavy atom. The maximum Gasteiger partial charge on any atom is 0.238 e. The number of carbonyl (C=O) groups is 1. The van der Waals surface area contributed by atoms with E-state index in [4.69, 9.17) is 10.2 Å². The maximum atomic E-state index is 13.9. The van der Waals surface area contributed by atoms with E-state index in [-0.39, 0.29) is 24.9 Å². The smallest absolute Gasteiger partial charge is 0.238 e. The highest BCUT2D eigenvalue weighted by Crippen LogP contribution is 2.47. The van der Waals surface area contributed by atoms with E-state index >= 15 is 0 Å². The van der Waals surface area contributed by atoms with Gasteiger partial charge in [-0.1, -0.05) is 60.7 Å². The van der Waals surface area contributed by atoms with Crippen LogP contribution in [0.5, 0.6) is 0 Å². The Morgan fingerprint density at radius 2 is 1.61 bits per heavy atom. The minimum atomic E-state index is -2.04. The number of likely N-dealkylation sites (tertiary alicyclic amines) is 1. The molecule has 0 N–H and O–H groups in total. The van der Waals surface area contributed by atoms with Crippen LogP contribution in [-0.2, 0) is 14.9 Å². The van der Waals surface area contributed by atoms with Crippen molar-refractivity contribution in [2.24, 2.45) is 5.92 Å². The Morgan fingerprint density at radius 3 is 2.14 bits per heavy atom. The molecule has 0 spiro atoms. The minimum Gasteiger partial charge on any atom is -0.379 e. The van der Waals surface area contributed by atoms with Gasteiger partial charge in [-0.15, -0.1) is 0 Å². The maximum absolute atomic E-state index is 13.9. The lowest BCUT2D eigenvalue weighted by atomic mass is 9.66. The number of hydrogen-bond donors (Lipinski definition) is 0. The number of carbonyl (C=O) groups excluding carboxylic acids is 1. The average Bonchev–Trinajstić information content (AvgIpc) is 3.03. The van der Waals surface area contributed by atoms with Crippen LogP contribution in [0.4, 0.5) is 0 Å². The second-order valence-corrected chi connectivity index (χ2v) is 7.47. The molecule has 148 valence electrons. The van der Waals surface area contributed by atoms with Gasteiger partial charge in [0.1, 0.15) is 5.41 Å². The van der Waals surface area contributed by atoms with E-state index in [0.29, 0.717) is 26.1 Å². The first-order chi connectivity index (χ1) is 15.2. The van der Waals surface area contributed by atoms with Gasteiger partial charge in [0.05, 0.1) is 18.6 Å². The van der Waals surface area contributed by atoms with Gasteiger partial charge in [0.15, 0.2) is 0 Å². The van der Waals surface area contributed by atoms with Crippen molar-refractivity contribution in [1.29, 1.82) is 0 Å². The van der Waals surface area contributed by atoms with Crippen molar-refractivity contribution in [1.82, 2.24) is 9.80 Å². The SMILES string of the molecule is [2H]C1([2H])CN(CC[C@H]2CN(CC)C(=O)C2(c2ccccc2)c2ccccc2)CC([2H])([2H])O1. The van der Waals surface area contributed by atoms with E-state index < -0.39 is 18.5 Å². The molecule has 1 atom stereocenters. The number of morpholine rings is 1. The first-order valence-corrected chi connectivity index (χ1v) is 10.0. The van der Waals surface area contributed by atoms with E-state index in [9.17, 15) is 4.79 Å². The van der Waals surface area contributed by atoms with Crippen molar-refractivity contribution >= 4 is 5.91 Å². The van der Waals surface area contributed by atoms with Gasteiger partial charge in [-0.25, -0.2) is 0 Å². The van der Waals surface area contributed by atoms with Crippen molar-refractivity contribution in [2.45, 2.75) is 18.8 Å². The van der Waals surface area contributed by atoms with Crippen molar-refractivity contribution in [2.75, 3.05) is 45.8 Å². The summed E-state index contributed by atoms with van der Waals surface area (Å²) in [5, 5.41) is 0. The van der Waals surface area contributed by atoms with Crippen LogP contribution in [0.2, 0.25) is 0 Å². The second-order valence-electron chi connectivity index (χ2n) is 7.47. The first-order valence-electron chi connectivity index (χ1n) is 12.0. The molecule has 1 amide bonds. The molecule has 0 bridgehead atoms. The zero-order chi connectivity index (χ0) is 23.0. The summed E-state index contributed by atoms with van der Waals surface area (Å²) in [6, 6.07) is 19.8. The molecule has 28 heavy (non-hydrogen) atoms. The lowest BCUT2D eigenvalue weighted by Gasteiger charge is -2.36. The van der Waals surface area contributed by atoms with E-state index in [1.807, 2.05) is 72.5 Å². The number of rotatable bonds is 6. The summed E-state index contributed by atoms with van der Waals surface area (Å²) in [6.07, 6.45) is 0.637. The molecular formula is C24H30N2O2. The fraction of sp³-hybridized carbons (Fsp3) is 0.458. The largest absolute Gasteiger partial charge is 0.379 e. The third kappa shape index (κ3) is 3.36. The molecular weight excluding hydrogens is 348 g/mol. The molecule has 4 rings (SSSR count). The molecule has 0 unspecified atom stereocenters. The van der Waals surface area contributed by atoms with Crippen LogP contribution < -0.4 is 0 Å². The van der Waals surface area contributed by atoms with E-state index in [1.54, 1.807) is 4.90 Å². The van der Waals surface area contributed by atoms with Crippen LogP contribution in [0.25, 0.3) is 0 Å². The van der Waals surface area contributed by atoms with Crippen molar-refractivity contribution in [3.05, 3.63) is 71.8 Å². The standard InChI is InChI=1S/C24H30N2O2/c1-2-26-19-22(13-14-25-15-17-28-18-16-25)24(23(26)27,20-9-5-3-6-10-20)21-11-7-4-8-12-21/h3-12,22H,2,13-19H2,1H3/t22-/m0/s1/i17D2,18D2. The van der Waals surface area contributed by atoms with Gasteiger partial charge in [0.25, 0.3) is 0 Å². The topological polar surface area (TPSA) is 32.8 Å². The lowest BCUT2D eigenvalue weighted by molar-refractivity contribution is -0.131. The zero-order valence-corrected chi connectivity index (χ0v) is 16.3. The predicted octanol–water partition coefficient (Wildman–Crippen LogP) is 3.17. The monoisotopic (exact) mass is 382 g/mol. The van der Waals surface area contributed by atoms with Crippen LogP contribution in [0, 0.1) is 5.92 Å². The van der Waals surface area contributed by atoms with Crippen LogP contribution >= 0.6 is 0 Å². The summed E-state index contributed by atoms with van der Waals surface area (Å²) in [7, 11) is 0. The van der Waals surface area contributed by atoms with E-state index in [1.165, 1.54) is 0 Å². The molecule has 2 saturated heterocycles. The lowest BCUT2D eigenvalue weighted by Crippen LogP contribution is -2.43. The van der Waals surface area contributed by atoms with Gasteiger partial charge in [0, 0.05) is 32.1 Å². The molecule has 2 fully saturated rings. The number of ether oxygens (including phenoxy) is 1. The van der Waals surface area contributed by atoms with Gasteiger partial charge in [-0.2, -0.15) is 0 Å². The molecule has 2 aromatic carbocycles.